The van der Waals surface area contributed by atoms with Crippen LogP contribution >= 0.6 is 0 Å². The standard InChI is InChI=1S/C17H20N2O/c1-3-19-15(11-13(2)18-19)12-16(20)17(9-10-17)14-7-5-4-6-8-14/h4-8,11H,3,9-10,12H2,1-2H3. The third-order valence-corrected chi connectivity index (χ3v) is 4.24. The molecular formula is C17H20N2O. The van der Waals surface area contributed by atoms with E-state index < -0.39 is 0 Å². The Labute approximate surface area is 119 Å². The minimum atomic E-state index is -0.224. The number of hydrogen-bond acceptors (Lipinski definition) is 2. The second-order valence-corrected chi connectivity index (χ2v) is 5.64. The molecule has 1 aromatic heterocycles. The van der Waals surface area contributed by atoms with E-state index in [0.29, 0.717) is 12.2 Å². The van der Waals surface area contributed by atoms with Gasteiger partial charge in [-0.05, 0) is 38.3 Å². The molecule has 1 aliphatic carbocycles. The number of Topliss-reactive ketones (excluding diaryl/α,β-unsaturated/α-hetero) is 1. The molecule has 0 atom stereocenters. The Kier molecular flexibility index (Phi) is 3.20. The summed E-state index contributed by atoms with van der Waals surface area (Å²) in [5.41, 5.74) is 2.97. The molecule has 0 aliphatic heterocycles. The van der Waals surface area contributed by atoms with Crippen molar-refractivity contribution in [1.29, 1.82) is 0 Å². The summed E-state index contributed by atoms with van der Waals surface area (Å²) in [5, 5.41) is 4.42. The maximum Gasteiger partial charge on any atom is 0.149 e. The summed E-state index contributed by atoms with van der Waals surface area (Å²) in [7, 11) is 0. The summed E-state index contributed by atoms with van der Waals surface area (Å²) in [6.45, 7) is 4.85. The number of aromatic nitrogens is 2. The van der Waals surface area contributed by atoms with Gasteiger partial charge in [-0.25, -0.2) is 0 Å². The molecule has 1 fully saturated rings. The van der Waals surface area contributed by atoms with Crippen molar-refractivity contribution in [2.24, 2.45) is 0 Å². The van der Waals surface area contributed by atoms with Crippen LogP contribution in [-0.4, -0.2) is 15.6 Å². The van der Waals surface area contributed by atoms with Crippen molar-refractivity contribution in [1.82, 2.24) is 9.78 Å². The molecule has 0 saturated heterocycles. The highest BCUT2D eigenvalue weighted by Crippen LogP contribution is 2.49. The molecule has 0 spiro atoms. The zero-order chi connectivity index (χ0) is 14.2. The van der Waals surface area contributed by atoms with Gasteiger partial charge < -0.3 is 0 Å². The Bertz CT molecular complexity index is 624. The van der Waals surface area contributed by atoms with E-state index >= 15 is 0 Å². The molecule has 0 unspecified atom stereocenters. The van der Waals surface area contributed by atoms with Gasteiger partial charge in [-0.3, -0.25) is 9.48 Å². The first-order valence-corrected chi connectivity index (χ1v) is 7.28. The van der Waals surface area contributed by atoms with Gasteiger partial charge in [-0.1, -0.05) is 30.3 Å². The molecule has 0 bridgehead atoms. The number of rotatable bonds is 5. The highest BCUT2D eigenvalue weighted by molar-refractivity contribution is 5.94. The summed E-state index contributed by atoms with van der Waals surface area (Å²) in [6.07, 6.45) is 2.45. The molecule has 0 radical (unpaired) electrons. The summed E-state index contributed by atoms with van der Waals surface area (Å²) < 4.78 is 1.94. The first-order chi connectivity index (χ1) is 9.65. The monoisotopic (exact) mass is 268 g/mol. The van der Waals surface area contributed by atoms with E-state index in [2.05, 4.69) is 24.2 Å². The Balaban J connectivity index is 1.83. The lowest BCUT2D eigenvalue weighted by Crippen LogP contribution is -2.23. The normalized spacial score (nSPS) is 16.1. The van der Waals surface area contributed by atoms with Crippen LogP contribution in [0.2, 0.25) is 0 Å². The van der Waals surface area contributed by atoms with Gasteiger partial charge in [0.05, 0.1) is 11.1 Å². The van der Waals surface area contributed by atoms with Gasteiger partial charge >= 0.3 is 0 Å². The summed E-state index contributed by atoms with van der Waals surface area (Å²) in [6, 6.07) is 12.2. The van der Waals surface area contributed by atoms with Crippen LogP contribution in [0.3, 0.4) is 0 Å². The van der Waals surface area contributed by atoms with E-state index in [-0.39, 0.29) is 5.41 Å². The van der Waals surface area contributed by atoms with Crippen LogP contribution < -0.4 is 0 Å². The second kappa shape index (κ2) is 4.89. The van der Waals surface area contributed by atoms with E-state index in [1.165, 1.54) is 5.56 Å². The molecular weight excluding hydrogens is 248 g/mol. The lowest BCUT2D eigenvalue weighted by Gasteiger charge is -2.14. The maximum absolute atomic E-state index is 12.7. The fraction of sp³-hybridized carbons (Fsp3) is 0.412. The first kappa shape index (κ1) is 13.1. The van der Waals surface area contributed by atoms with E-state index in [1.54, 1.807) is 0 Å². The fourth-order valence-electron chi connectivity index (χ4n) is 2.96. The Morgan fingerprint density at radius 3 is 2.60 bits per heavy atom. The van der Waals surface area contributed by atoms with Crippen LogP contribution in [0.4, 0.5) is 0 Å². The molecule has 3 heteroatoms. The highest BCUT2D eigenvalue weighted by atomic mass is 16.1. The molecule has 1 aromatic carbocycles. The van der Waals surface area contributed by atoms with Crippen LogP contribution in [0.25, 0.3) is 0 Å². The van der Waals surface area contributed by atoms with Crippen LogP contribution in [0, 0.1) is 6.92 Å². The summed E-state index contributed by atoms with van der Waals surface area (Å²) in [5.74, 6) is 0.332. The zero-order valence-electron chi connectivity index (χ0n) is 12.1. The predicted octanol–water partition coefficient (Wildman–Crippen LogP) is 3.05. The molecule has 1 heterocycles. The first-order valence-electron chi connectivity index (χ1n) is 7.28. The fourth-order valence-corrected chi connectivity index (χ4v) is 2.96. The zero-order valence-corrected chi connectivity index (χ0v) is 12.1. The number of carbonyl (C=O) groups is 1. The predicted molar refractivity (Wildman–Crippen MR) is 78.7 cm³/mol. The lowest BCUT2D eigenvalue weighted by atomic mass is 9.89. The molecule has 104 valence electrons. The average molecular weight is 268 g/mol. The van der Waals surface area contributed by atoms with Crippen molar-refractivity contribution >= 4 is 5.78 Å². The van der Waals surface area contributed by atoms with Crippen LogP contribution in [-0.2, 0) is 23.2 Å². The molecule has 0 N–H and O–H groups in total. The third-order valence-electron chi connectivity index (χ3n) is 4.24. The van der Waals surface area contributed by atoms with Crippen LogP contribution in [0.15, 0.2) is 36.4 Å². The van der Waals surface area contributed by atoms with E-state index in [1.807, 2.05) is 35.9 Å². The SMILES string of the molecule is CCn1nc(C)cc1CC(=O)C1(c2ccccc2)CC1. The molecule has 3 nitrogen and oxygen atoms in total. The van der Waals surface area contributed by atoms with Crippen molar-refractivity contribution in [3.05, 3.63) is 53.3 Å². The molecule has 0 amide bonds. The molecule has 3 rings (SSSR count). The number of nitrogens with zero attached hydrogens (tertiary/aromatic N) is 2. The van der Waals surface area contributed by atoms with Gasteiger partial charge in [0.1, 0.15) is 5.78 Å². The maximum atomic E-state index is 12.7. The van der Waals surface area contributed by atoms with Crippen LogP contribution in [0.1, 0.15) is 36.7 Å². The largest absolute Gasteiger partial charge is 0.298 e. The van der Waals surface area contributed by atoms with Crippen LogP contribution in [0.5, 0.6) is 0 Å². The third kappa shape index (κ3) is 2.17. The molecule has 2 aromatic rings. The Hall–Kier alpha value is -1.90. The van der Waals surface area contributed by atoms with Crippen molar-refractivity contribution < 1.29 is 4.79 Å². The van der Waals surface area contributed by atoms with E-state index in [0.717, 1.165) is 30.8 Å². The minimum Gasteiger partial charge on any atom is -0.298 e. The van der Waals surface area contributed by atoms with Gasteiger partial charge in [0.25, 0.3) is 0 Å². The number of carbonyl (C=O) groups excluding carboxylic acids is 1. The molecule has 20 heavy (non-hydrogen) atoms. The number of ketones is 1. The average Bonchev–Trinajstić information content (AvgIpc) is 3.20. The topological polar surface area (TPSA) is 34.9 Å². The van der Waals surface area contributed by atoms with Crippen molar-refractivity contribution in [2.45, 2.75) is 45.1 Å². The minimum absolute atomic E-state index is 0.224. The second-order valence-electron chi connectivity index (χ2n) is 5.64. The van der Waals surface area contributed by atoms with Gasteiger partial charge in [0.2, 0.25) is 0 Å². The molecule has 1 aliphatic rings. The Morgan fingerprint density at radius 1 is 1.30 bits per heavy atom. The van der Waals surface area contributed by atoms with Crippen molar-refractivity contribution in [2.75, 3.05) is 0 Å². The highest BCUT2D eigenvalue weighted by Gasteiger charge is 2.50. The molecule has 1 saturated carbocycles. The van der Waals surface area contributed by atoms with Crippen molar-refractivity contribution in [3.63, 3.8) is 0 Å². The summed E-state index contributed by atoms with van der Waals surface area (Å²) >= 11 is 0. The van der Waals surface area contributed by atoms with E-state index in [4.69, 9.17) is 0 Å². The van der Waals surface area contributed by atoms with Gasteiger partial charge in [0.15, 0.2) is 0 Å². The lowest BCUT2D eigenvalue weighted by molar-refractivity contribution is -0.120. The number of benzene rings is 1. The van der Waals surface area contributed by atoms with Gasteiger partial charge in [-0.15, -0.1) is 0 Å². The number of hydrogen-bond donors (Lipinski definition) is 0. The van der Waals surface area contributed by atoms with Gasteiger partial charge in [-0.2, -0.15) is 5.10 Å². The van der Waals surface area contributed by atoms with Crippen molar-refractivity contribution in [3.8, 4) is 0 Å². The summed E-state index contributed by atoms with van der Waals surface area (Å²) in [4.78, 5) is 12.7. The number of aryl methyl sites for hydroxylation is 2. The van der Waals surface area contributed by atoms with Gasteiger partial charge in [0, 0.05) is 18.7 Å². The van der Waals surface area contributed by atoms with E-state index in [9.17, 15) is 4.79 Å². The smallest absolute Gasteiger partial charge is 0.149 e. The Morgan fingerprint density at radius 2 is 2.00 bits per heavy atom. The quantitative estimate of drug-likeness (QED) is 0.835.